The third-order valence-corrected chi connectivity index (χ3v) is 5.03. The van der Waals surface area contributed by atoms with Gasteiger partial charge in [0.2, 0.25) is 5.91 Å². The molecule has 0 aliphatic rings. The zero-order valence-electron chi connectivity index (χ0n) is 16.1. The molecule has 3 N–H and O–H groups in total. The van der Waals surface area contributed by atoms with Crippen molar-refractivity contribution >= 4 is 28.6 Å². The highest BCUT2D eigenvalue weighted by atomic mass is 32.2. The lowest BCUT2D eigenvalue weighted by atomic mass is 10.1. The Morgan fingerprint density at radius 2 is 1.86 bits per heavy atom. The first-order chi connectivity index (χ1) is 13.5. The van der Waals surface area contributed by atoms with Crippen molar-refractivity contribution < 1.29 is 28.2 Å². The second-order valence-electron chi connectivity index (χ2n) is 6.36. The number of hydrogen-bond acceptors (Lipinski definition) is 4. The molecule has 0 aliphatic carbocycles. The highest BCUT2D eigenvalue weighted by Crippen LogP contribution is 2.24. The first-order valence-electron chi connectivity index (χ1n) is 9.47. The van der Waals surface area contributed by atoms with Crippen molar-refractivity contribution in [1.29, 1.82) is 0 Å². The van der Waals surface area contributed by atoms with Crippen LogP contribution >= 0.6 is 0 Å². The fourth-order valence-corrected chi connectivity index (χ4v) is 3.24. The van der Waals surface area contributed by atoms with Crippen molar-refractivity contribution in [1.82, 2.24) is 0 Å². The van der Waals surface area contributed by atoms with Crippen molar-refractivity contribution in [3.63, 3.8) is 0 Å². The standard InChI is InChI=1S/C20H29NO6S/c1-2-3-4-5-6-7-13-18(28(25)26)20(24)21-16-11-8-9-12-17(16)27-15-10-14-19(22)23/h8-12,14,18H,2-7,13,15H2,1H3,(H,21,24)(H,22,23)(H,25,26)/b14-10+. The molecule has 0 spiro atoms. The van der Waals surface area contributed by atoms with Gasteiger partial charge in [-0.05, 0) is 24.6 Å². The maximum atomic E-state index is 12.5. The Hall–Kier alpha value is -2.19. The summed E-state index contributed by atoms with van der Waals surface area (Å²) in [5.41, 5.74) is 0.370. The summed E-state index contributed by atoms with van der Waals surface area (Å²) in [6.07, 6.45) is 8.80. The van der Waals surface area contributed by atoms with E-state index >= 15 is 0 Å². The van der Waals surface area contributed by atoms with Crippen LogP contribution in [0.2, 0.25) is 0 Å². The molecule has 28 heavy (non-hydrogen) atoms. The molecule has 1 rings (SSSR count). The lowest BCUT2D eigenvalue weighted by Crippen LogP contribution is -2.31. The zero-order valence-corrected chi connectivity index (χ0v) is 17.0. The van der Waals surface area contributed by atoms with E-state index in [0.29, 0.717) is 24.3 Å². The molecule has 1 aromatic carbocycles. The van der Waals surface area contributed by atoms with Gasteiger partial charge in [-0.3, -0.25) is 4.79 Å². The van der Waals surface area contributed by atoms with E-state index in [1.165, 1.54) is 12.5 Å². The summed E-state index contributed by atoms with van der Waals surface area (Å²) >= 11 is -2.26. The third kappa shape index (κ3) is 9.66. The maximum absolute atomic E-state index is 12.5. The fourth-order valence-electron chi connectivity index (χ4n) is 2.63. The number of aliphatic carboxylic acids is 1. The van der Waals surface area contributed by atoms with Crippen molar-refractivity contribution in [2.75, 3.05) is 11.9 Å². The van der Waals surface area contributed by atoms with Crippen LogP contribution in [0.3, 0.4) is 0 Å². The second-order valence-corrected chi connectivity index (χ2v) is 7.48. The smallest absolute Gasteiger partial charge is 0.328 e. The van der Waals surface area contributed by atoms with Crippen LogP contribution in [0.1, 0.15) is 51.9 Å². The van der Waals surface area contributed by atoms with Crippen LogP contribution in [-0.2, 0) is 20.7 Å². The third-order valence-electron chi connectivity index (χ3n) is 4.10. The van der Waals surface area contributed by atoms with Gasteiger partial charge in [-0.25, -0.2) is 9.00 Å². The molecule has 1 amide bonds. The van der Waals surface area contributed by atoms with Crippen LogP contribution in [0.15, 0.2) is 36.4 Å². The Kier molecular flexibility index (Phi) is 11.8. The van der Waals surface area contributed by atoms with E-state index in [4.69, 9.17) is 9.84 Å². The number of carboxylic acids is 1. The summed E-state index contributed by atoms with van der Waals surface area (Å²) in [6.45, 7) is 2.16. The highest BCUT2D eigenvalue weighted by Gasteiger charge is 2.24. The number of para-hydroxylation sites is 2. The first kappa shape index (κ1) is 23.8. The van der Waals surface area contributed by atoms with E-state index in [2.05, 4.69) is 12.2 Å². The number of hydrogen-bond donors (Lipinski definition) is 3. The molecule has 0 aromatic heterocycles. The maximum Gasteiger partial charge on any atom is 0.328 e. The molecule has 2 atom stereocenters. The minimum atomic E-state index is -2.26. The number of ether oxygens (including phenoxy) is 1. The number of carbonyl (C=O) groups excluding carboxylic acids is 1. The molecule has 0 saturated carbocycles. The Labute approximate surface area is 168 Å². The van der Waals surface area contributed by atoms with Crippen LogP contribution in [-0.4, -0.2) is 37.6 Å². The molecule has 156 valence electrons. The average molecular weight is 412 g/mol. The minimum absolute atomic E-state index is 0.0201. The Morgan fingerprint density at radius 1 is 1.18 bits per heavy atom. The van der Waals surface area contributed by atoms with Gasteiger partial charge in [0.15, 0.2) is 11.1 Å². The van der Waals surface area contributed by atoms with Crippen molar-refractivity contribution in [2.24, 2.45) is 0 Å². The summed E-state index contributed by atoms with van der Waals surface area (Å²) in [5, 5.41) is 10.2. The summed E-state index contributed by atoms with van der Waals surface area (Å²) in [7, 11) is 0. The van der Waals surface area contributed by atoms with Gasteiger partial charge in [0.1, 0.15) is 17.6 Å². The number of rotatable bonds is 14. The van der Waals surface area contributed by atoms with Crippen LogP contribution in [0.25, 0.3) is 0 Å². The molecule has 0 saturated heterocycles. The molecule has 7 nitrogen and oxygen atoms in total. The molecule has 8 heteroatoms. The molecule has 1 aromatic rings. The monoisotopic (exact) mass is 411 g/mol. The molecule has 0 aliphatic heterocycles. The van der Waals surface area contributed by atoms with Crippen molar-refractivity contribution in [3.05, 3.63) is 36.4 Å². The lowest BCUT2D eigenvalue weighted by Gasteiger charge is -2.15. The molecule has 0 heterocycles. The molecule has 0 fully saturated rings. The number of nitrogens with one attached hydrogen (secondary N) is 1. The van der Waals surface area contributed by atoms with Gasteiger partial charge < -0.3 is 19.7 Å². The number of unbranched alkanes of at least 4 members (excludes halogenated alkanes) is 5. The Morgan fingerprint density at radius 3 is 2.54 bits per heavy atom. The number of carbonyl (C=O) groups is 2. The van der Waals surface area contributed by atoms with E-state index in [1.54, 1.807) is 24.3 Å². The van der Waals surface area contributed by atoms with Crippen LogP contribution < -0.4 is 10.1 Å². The predicted octanol–water partition coefficient (Wildman–Crippen LogP) is 3.99. The summed E-state index contributed by atoms with van der Waals surface area (Å²) < 4.78 is 26.6. The predicted molar refractivity (Wildman–Crippen MR) is 110 cm³/mol. The summed E-state index contributed by atoms with van der Waals surface area (Å²) in [5.74, 6) is -1.26. The second kappa shape index (κ2) is 13.9. The fraction of sp³-hybridized carbons (Fsp3) is 0.500. The van der Waals surface area contributed by atoms with E-state index in [-0.39, 0.29) is 6.61 Å². The van der Waals surface area contributed by atoms with E-state index < -0.39 is 28.2 Å². The SMILES string of the molecule is CCCCCCCCC(C(=O)Nc1ccccc1OC/C=C/C(=O)O)S(=O)O. The van der Waals surface area contributed by atoms with Crippen molar-refractivity contribution in [3.8, 4) is 5.75 Å². The average Bonchev–Trinajstić information content (AvgIpc) is 2.65. The zero-order chi connectivity index (χ0) is 20.8. The quantitative estimate of drug-likeness (QED) is 0.242. The van der Waals surface area contributed by atoms with Gasteiger partial charge in [0, 0.05) is 6.08 Å². The van der Waals surface area contributed by atoms with Crippen molar-refractivity contribution in [2.45, 2.75) is 57.1 Å². The van der Waals surface area contributed by atoms with E-state index in [0.717, 1.165) is 31.8 Å². The molecule has 0 radical (unpaired) electrons. The van der Waals surface area contributed by atoms with Gasteiger partial charge in [-0.2, -0.15) is 0 Å². The summed E-state index contributed by atoms with van der Waals surface area (Å²) in [6, 6.07) is 6.66. The van der Waals surface area contributed by atoms with Gasteiger partial charge in [-0.1, -0.05) is 57.6 Å². The normalized spacial score (nSPS) is 13.2. The number of benzene rings is 1. The lowest BCUT2D eigenvalue weighted by molar-refractivity contribution is -0.131. The van der Waals surface area contributed by atoms with E-state index in [9.17, 15) is 18.4 Å². The largest absolute Gasteiger partial charge is 0.487 e. The Bertz CT molecular complexity index is 676. The number of anilines is 1. The number of amides is 1. The van der Waals surface area contributed by atoms with E-state index in [1.807, 2.05) is 0 Å². The van der Waals surface area contributed by atoms with Gasteiger partial charge in [0.05, 0.1) is 5.69 Å². The van der Waals surface area contributed by atoms with Gasteiger partial charge in [-0.15, -0.1) is 0 Å². The molecule has 2 unspecified atom stereocenters. The molecular weight excluding hydrogens is 382 g/mol. The van der Waals surface area contributed by atoms with Gasteiger partial charge in [0.25, 0.3) is 0 Å². The van der Waals surface area contributed by atoms with Gasteiger partial charge >= 0.3 is 5.97 Å². The molecular formula is C20H29NO6S. The van der Waals surface area contributed by atoms with Crippen LogP contribution in [0.4, 0.5) is 5.69 Å². The highest BCUT2D eigenvalue weighted by molar-refractivity contribution is 7.80. The molecule has 0 bridgehead atoms. The first-order valence-corrected chi connectivity index (χ1v) is 10.6. The number of carboxylic acid groups (broad SMARTS) is 1. The topological polar surface area (TPSA) is 113 Å². The Balaban J connectivity index is 2.62. The minimum Gasteiger partial charge on any atom is -0.487 e. The van der Waals surface area contributed by atoms with Crippen LogP contribution in [0.5, 0.6) is 5.75 Å². The van der Waals surface area contributed by atoms with Crippen LogP contribution in [0, 0.1) is 0 Å². The summed E-state index contributed by atoms with van der Waals surface area (Å²) in [4.78, 5) is 23.0.